The van der Waals surface area contributed by atoms with E-state index in [-0.39, 0.29) is 0 Å². The molecule has 2 N–H and O–H groups in total. The number of ether oxygens (including phenoxy) is 1. The highest BCUT2D eigenvalue weighted by Crippen LogP contribution is 2.34. The fraction of sp³-hybridized carbons (Fsp3) is 1.00. The van der Waals surface area contributed by atoms with Gasteiger partial charge in [0, 0.05) is 41.8 Å². The van der Waals surface area contributed by atoms with Crippen molar-refractivity contribution in [1.29, 1.82) is 0 Å². The average molecular weight is 249 g/mol. The van der Waals surface area contributed by atoms with E-state index in [2.05, 4.69) is 37.4 Å². The summed E-state index contributed by atoms with van der Waals surface area (Å²) in [7, 11) is 1.76. The van der Waals surface area contributed by atoms with Gasteiger partial charge in [-0.05, 0) is 12.3 Å². The van der Waals surface area contributed by atoms with Gasteiger partial charge in [-0.15, -0.1) is 0 Å². The summed E-state index contributed by atoms with van der Waals surface area (Å²) in [5.74, 6) is 3.09. The number of thioether (sulfide) groups is 2. The predicted molar refractivity (Wildman–Crippen MR) is 71.8 cm³/mol. The van der Waals surface area contributed by atoms with Crippen LogP contribution in [0, 0.1) is 5.92 Å². The van der Waals surface area contributed by atoms with Crippen LogP contribution in [0.5, 0.6) is 0 Å². The molecular weight excluding hydrogens is 226 g/mol. The lowest BCUT2D eigenvalue weighted by molar-refractivity contribution is 0.174. The van der Waals surface area contributed by atoms with Gasteiger partial charge in [0.1, 0.15) is 0 Å². The molecule has 4 unspecified atom stereocenters. The lowest BCUT2D eigenvalue weighted by atomic mass is 9.95. The third-order valence-corrected chi connectivity index (χ3v) is 6.29. The second kappa shape index (κ2) is 7.05. The molecule has 15 heavy (non-hydrogen) atoms. The van der Waals surface area contributed by atoms with E-state index in [9.17, 15) is 0 Å². The Balaban J connectivity index is 2.39. The maximum atomic E-state index is 6.33. The van der Waals surface area contributed by atoms with E-state index >= 15 is 0 Å². The van der Waals surface area contributed by atoms with Gasteiger partial charge in [0.05, 0.1) is 0 Å². The zero-order valence-electron chi connectivity index (χ0n) is 9.94. The molecule has 0 amide bonds. The van der Waals surface area contributed by atoms with Crippen molar-refractivity contribution in [3.63, 3.8) is 0 Å². The lowest BCUT2D eigenvalue weighted by Crippen LogP contribution is -2.45. The summed E-state index contributed by atoms with van der Waals surface area (Å²) >= 11 is 4.12. The fourth-order valence-corrected chi connectivity index (χ4v) is 4.91. The van der Waals surface area contributed by atoms with Crippen LogP contribution in [-0.4, -0.2) is 41.8 Å². The van der Waals surface area contributed by atoms with E-state index < -0.39 is 0 Å². The first-order valence-electron chi connectivity index (χ1n) is 5.64. The summed E-state index contributed by atoms with van der Waals surface area (Å²) in [4.78, 5) is 0. The number of rotatable bonds is 5. The molecule has 1 aliphatic heterocycles. The van der Waals surface area contributed by atoms with Crippen molar-refractivity contribution in [2.24, 2.45) is 11.7 Å². The standard InChI is InChI=1S/C11H23NOS2/c1-8(4-5-13-3)10(12)11-9(2)14-6-7-15-11/h8-11H,4-7,12H2,1-3H3. The van der Waals surface area contributed by atoms with Crippen molar-refractivity contribution in [2.75, 3.05) is 25.2 Å². The maximum absolute atomic E-state index is 6.33. The molecular formula is C11H23NOS2. The van der Waals surface area contributed by atoms with Crippen molar-refractivity contribution < 1.29 is 4.74 Å². The molecule has 1 saturated heterocycles. The van der Waals surface area contributed by atoms with Crippen LogP contribution in [0.4, 0.5) is 0 Å². The quantitative estimate of drug-likeness (QED) is 0.810. The van der Waals surface area contributed by atoms with Gasteiger partial charge in [-0.1, -0.05) is 13.8 Å². The Morgan fingerprint density at radius 2 is 2.07 bits per heavy atom. The molecule has 0 aromatic heterocycles. The van der Waals surface area contributed by atoms with Crippen molar-refractivity contribution in [3.8, 4) is 0 Å². The predicted octanol–water partition coefficient (Wildman–Crippen LogP) is 2.22. The highest BCUT2D eigenvalue weighted by molar-refractivity contribution is 8.07. The molecule has 1 aliphatic rings. The third-order valence-electron chi connectivity index (χ3n) is 3.05. The first kappa shape index (κ1) is 13.7. The summed E-state index contributed by atoms with van der Waals surface area (Å²) in [5.41, 5.74) is 6.33. The number of hydrogen-bond acceptors (Lipinski definition) is 4. The molecule has 4 heteroatoms. The van der Waals surface area contributed by atoms with Crippen LogP contribution >= 0.6 is 23.5 Å². The minimum absolute atomic E-state index is 0.313. The van der Waals surface area contributed by atoms with Gasteiger partial charge in [0.15, 0.2) is 0 Å². The van der Waals surface area contributed by atoms with Crippen molar-refractivity contribution in [1.82, 2.24) is 0 Å². The average Bonchev–Trinajstić information content (AvgIpc) is 2.25. The topological polar surface area (TPSA) is 35.2 Å². The Morgan fingerprint density at radius 1 is 1.40 bits per heavy atom. The highest BCUT2D eigenvalue weighted by Gasteiger charge is 2.30. The smallest absolute Gasteiger partial charge is 0.0465 e. The van der Waals surface area contributed by atoms with Gasteiger partial charge in [0.2, 0.25) is 0 Å². The van der Waals surface area contributed by atoms with Crippen LogP contribution in [0.2, 0.25) is 0 Å². The normalized spacial score (nSPS) is 31.2. The second-order valence-electron chi connectivity index (χ2n) is 4.25. The lowest BCUT2D eigenvalue weighted by Gasteiger charge is -2.35. The number of nitrogens with two attached hydrogens (primary N) is 1. The van der Waals surface area contributed by atoms with Gasteiger partial charge in [0.25, 0.3) is 0 Å². The third kappa shape index (κ3) is 4.17. The fourth-order valence-electron chi connectivity index (χ4n) is 1.89. The first-order chi connectivity index (χ1) is 7.16. The van der Waals surface area contributed by atoms with E-state index in [1.807, 2.05) is 0 Å². The Kier molecular flexibility index (Phi) is 6.43. The molecule has 90 valence electrons. The highest BCUT2D eigenvalue weighted by atomic mass is 32.2. The first-order valence-corrected chi connectivity index (χ1v) is 7.74. The molecule has 0 saturated carbocycles. The molecule has 0 aromatic carbocycles. The molecule has 1 heterocycles. The molecule has 2 nitrogen and oxygen atoms in total. The summed E-state index contributed by atoms with van der Waals surface area (Å²) in [6.45, 7) is 5.38. The molecule has 0 aliphatic carbocycles. The van der Waals surface area contributed by atoms with Gasteiger partial charge in [-0.25, -0.2) is 0 Å². The van der Waals surface area contributed by atoms with Crippen LogP contribution in [0.25, 0.3) is 0 Å². The van der Waals surface area contributed by atoms with Gasteiger partial charge < -0.3 is 10.5 Å². The van der Waals surface area contributed by atoms with E-state index in [0.29, 0.717) is 22.5 Å². The van der Waals surface area contributed by atoms with E-state index in [1.54, 1.807) is 7.11 Å². The molecule has 0 aromatic rings. The van der Waals surface area contributed by atoms with Crippen molar-refractivity contribution in [3.05, 3.63) is 0 Å². The molecule has 0 radical (unpaired) electrons. The van der Waals surface area contributed by atoms with Crippen molar-refractivity contribution in [2.45, 2.75) is 36.8 Å². The van der Waals surface area contributed by atoms with Crippen LogP contribution in [-0.2, 0) is 4.74 Å². The van der Waals surface area contributed by atoms with Crippen LogP contribution in [0.1, 0.15) is 20.3 Å². The molecule has 4 atom stereocenters. The Hall–Kier alpha value is 0.620. The summed E-state index contributed by atoms with van der Waals surface area (Å²) < 4.78 is 5.11. The van der Waals surface area contributed by atoms with Gasteiger partial charge in [-0.3, -0.25) is 0 Å². The van der Waals surface area contributed by atoms with Crippen LogP contribution in [0.3, 0.4) is 0 Å². The van der Waals surface area contributed by atoms with Crippen molar-refractivity contribution >= 4 is 23.5 Å². The van der Waals surface area contributed by atoms with E-state index in [4.69, 9.17) is 10.5 Å². The number of methoxy groups -OCH3 is 1. The maximum Gasteiger partial charge on any atom is 0.0465 e. The zero-order chi connectivity index (χ0) is 11.3. The molecule has 0 bridgehead atoms. The van der Waals surface area contributed by atoms with E-state index in [0.717, 1.165) is 13.0 Å². The largest absolute Gasteiger partial charge is 0.385 e. The minimum atomic E-state index is 0.313. The monoisotopic (exact) mass is 249 g/mol. The van der Waals surface area contributed by atoms with Gasteiger partial charge in [-0.2, -0.15) is 23.5 Å². The zero-order valence-corrected chi connectivity index (χ0v) is 11.6. The summed E-state index contributed by atoms with van der Waals surface area (Å²) in [6.07, 6.45) is 1.08. The Morgan fingerprint density at radius 3 is 2.67 bits per heavy atom. The second-order valence-corrected chi connectivity index (χ2v) is 7.02. The summed E-state index contributed by atoms with van der Waals surface area (Å²) in [5, 5.41) is 1.32. The molecule has 0 spiro atoms. The van der Waals surface area contributed by atoms with E-state index in [1.165, 1.54) is 11.5 Å². The molecule has 1 fully saturated rings. The van der Waals surface area contributed by atoms with Gasteiger partial charge >= 0.3 is 0 Å². The summed E-state index contributed by atoms with van der Waals surface area (Å²) in [6, 6.07) is 0.313. The molecule has 1 rings (SSSR count). The SMILES string of the molecule is COCCC(C)C(N)C1SCCSC1C. The minimum Gasteiger partial charge on any atom is -0.385 e. The number of hydrogen-bond donors (Lipinski definition) is 1. The Labute approximate surface area is 102 Å². The van der Waals surface area contributed by atoms with Crippen LogP contribution < -0.4 is 5.73 Å². The Bertz CT molecular complexity index is 180. The van der Waals surface area contributed by atoms with Crippen LogP contribution in [0.15, 0.2) is 0 Å².